The number of allylic oxidation sites excluding steroid dienone is 2. The number of hydrogen-bond acceptors (Lipinski definition) is 7. The molecule has 0 radical (unpaired) electrons. The van der Waals surface area contributed by atoms with Gasteiger partial charge in [0.2, 0.25) is 0 Å². The fraction of sp³-hybridized carbons (Fsp3) is 0.700. The third-order valence-corrected chi connectivity index (χ3v) is 4.53. The first-order valence-corrected chi connectivity index (χ1v) is 11.6. The van der Waals surface area contributed by atoms with Crippen LogP contribution in [-0.2, 0) is 32.7 Å². The zero-order valence-corrected chi connectivity index (χ0v) is 19.6. The minimum absolute atomic E-state index is 0.0162. The predicted molar refractivity (Wildman–Crippen MR) is 114 cm³/mol. The quantitative estimate of drug-likeness (QED) is 0.165. The van der Waals surface area contributed by atoms with Crippen molar-refractivity contribution in [3.8, 4) is 0 Å². The van der Waals surface area contributed by atoms with Gasteiger partial charge in [0.05, 0.1) is 40.6 Å². The first kappa shape index (κ1) is 28.5. The third kappa shape index (κ3) is 17.4. The number of quaternary nitrogens is 1. The van der Waals surface area contributed by atoms with Crippen molar-refractivity contribution in [3.05, 3.63) is 24.3 Å². The van der Waals surface area contributed by atoms with Gasteiger partial charge in [0.25, 0.3) is 0 Å². The number of phosphoric acid groups is 1. The lowest BCUT2D eigenvalue weighted by Crippen LogP contribution is -2.37. The topological polar surface area (TPSA) is 108 Å². The van der Waals surface area contributed by atoms with Crippen LogP contribution in [0.2, 0.25) is 0 Å². The van der Waals surface area contributed by atoms with Crippen molar-refractivity contribution in [2.45, 2.75) is 45.6 Å². The van der Waals surface area contributed by atoms with Gasteiger partial charge in [0.1, 0.15) is 19.8 Å². The molecule has 0 heterocycles. The molecule has 2 atom stereocenters. The van der Waals surface area contributed by atoms with Gasteiger partial charge in [-0.05, 0) is 12.8 Å². The van der Waals surface area contributed by atoms with Gasteiger partial charge in [-0.15, -0.1) is 0 Å². The number of carbonyl (C=O) groups is 2. The fourth-order valence-corrected chi connectivity index (χ4v) is 2.67. The maximum atomic E-state index is 12.0. The highest BCUT2D eigenvalue weighted by atomic mass is 31.2. The second kappa shape index (κ2) is 15.3. The van der Waals surface area contributed by atoms with Gasteiger partial charge in [0, 0.05) is 0 Å². The Balaban J connectivity index is 4.74. The van der Waals surface area contributed by atoms with E-state index in [-0.39, 0.29) is 26.1 Å². The van der Waals surface area contributed by atoms with Crippen LogP contribution in [-0.4, -0.2) is 74.9 Å². The van der Waals surface area contributed by atoms with E-state index in [9.17, 15) is 19.0 Å². The molecule has 0 bridgehead atoms. The Hall–Kier alpha value is -1.51. The molecule has 0 aliphatic rings. The van der Waals surface area contributed by atoms with E-state index in [1.165, 1.54) is 0 Å². The highest BCUT2D eigenvalue weighted by Crippen LogP contribution is 2.43. The molecule has 0 aliphatic carbocycles. The Morgan fingerprint density at radius 1 is 0.933 bits per heavy atom. The van der Waals surface area contributed by atoms with E-state index in [1.54, 1.807) is 12.2 Å². The van der Waals surface area contributed by atoms with E-state index in [1.807, 2.05) is 47.1 Å². The van der Waals surface area contributed by atoms with Gasteiger partial charge in [-0.25, -0.2) is 4.57 Å². The number of hydrogen-bond donors (Lipinski definition) is 1. The Kier molecular flexibility index (Phi) is 14.5. The van der Waals surface area contributed by atoms with E-state index in [4.69, 9.17) is 18.5 Å². The molecule has 30 heavy (non-hydrogen) atoms. The maximum Gasteiger partial charge on any atom is 0.472 e. The molecule has 10 heteroatoms. The number of rotatable bonds is 16. The molecule has 0 amide bonds. The number of carbonyl (C=O) groups excluding carboxylic acids is 2. The smallest absolute Gasteiger partial charge is 0.461 e. The Morgan fingerprint density at radius 2 is 1.50 bits per heavy atom. The standard InChI is InChI=1S/C20H36NO8P/c1-6-8-10-12-19(22)26-16-18(29-20(23)13-11-9-7-2)17-28-30(24,25)27-15-14-21(3,4)5/h8-11,18H,6-7,12-17H2,1-5H3/p+1/t18-/m1/s1. The Labute approximate surface area is 179 Å². The van der Waals surface area contributed by atoms with Crippen molar-refractivity contribution in [3.63, 3.8) is 0 Å². The monoisotopic (exact) mass is 450 g/mol. The molecule has 9 nitrogen and oxygen atoms in total. The summed E-state index contributed by atoms with van der Waals surface area (Å²) in [5.41, 5.74) is 0. The van der Waals surface area contributed by atoms with Crippen molar-refractivity contribution < 1.29 is 42.1 Å². The van der Waals surface area contributed by atoms with Gasteiger partial charge < -0.3 is 18.9 Å². The summed E-state index contributed by atoms with van der Waals surface area (Å²) < 4.78 is 32.8. The molecule has 0 fully saturated rings. The van der Waals surface area contributed by atoms with Gasteiger partial charge in [-0.2, -0.15) is 0 Å². The Morgan fingerprint density at radius 3 is 2.03 bits per heavy atom. The van der Waals surface area contributed by atoms with Crippen LogP contribution in [0.25, 0.3) is 0 Å². The Bertz CT molecular complexity index is 612. The van der Waals surface area contributed by atoms with Crippen molar-refractivity contribution >= 4 is 19.8 Å². The van der Waals surface area contributed by atoms with Crippen LogP contribution >= 0.6 is 7.82 Å². The average molecular weight is 450 g/mol. The molecule has 1 unspecified atom stereocenters. The van der Waals surface area contributed by atoms with Gasteiger partial charge in [0.15, 0.2) is 6.10 Å². The lowest BCUT2D eigenvalue weighted by atomic mass is 10.3. The van der Waals surface area contributed by atoms with Crippen LogP contribution in [0.5, 0.6) is 0 Å². The van der Waals surface area contributed by atoms with E-state index < -0.39 is 32.5 Å². The molecule has 0 saturated carbocycles. The van der Waals surface area contributed by atoms with Crippen LogP contribution in [0.3, 0.4) is 0 Å². The zero-order valence-electron chi connectivity index (χ0n) is 18.7. The molecule has 0 aliphatic heterocycles. The van der Waals surface area contributed by atoms with Crippen LogP contribution < -0.4 is 0 Å². The molecule has 0 spiro atoms. The highest BCUT2D eigenvalue weighted by Gasteiger charge is 2.26. The lowest BCUT2D eigenvalue weighted by Gasteiger charge is -2.24. The second-order valence-corrected chi connectivity index (χ2v) is 9.03. The summed E-state index contributed by atoms with van der Waals surface area (Å²) in [6.45, 7) is 3.65. The van der Waals surface area contributed by atoms with Crippen LogP contribution in [0.4, 0.5) is 0 Å². The summed E-state index contributed by atoms with van der Waals surface area (Å²) in [5, 5.41) is 0. The first-order chi connectivity index (χ1) is 14.0. The molecule has 0 rings (SSSR count). The summed E-state index contributed by atoms with van der Waals surface area (Å²) in [7, 11) is 1.41. The van der Waals surface area contributed by atoms with E-state index in [0.29, 0.717) is 11.0 Å². The van der Waals surface area contributed by atoms with E-state index in [0.717, 1.165) is 12.8 Å². The molecule has 174 valence electrons. The van der Waals surface area contributed by atoms with Crippen molar-refractivity contribution in [1.82, 2.24) is 0 Å². The number of ether oxygens (including phenoxy) is 2. The molecule has 0 aromatic carbocycles. The summed E-state index contributed by atoms with van der Waals surface area (Å²) in [5.74, 6) is -1.06. The number of esters is 2. The fourth-order valence-electron chi connectivity index (χ4n) is 1.93. The summed E-state index contributed by atoms with van der Waals surface area (Å²) in [6, 6.07) is 0. The van der Waals surface area contributed by atoms with Crippen LogP contribution in [0.15, 0.2) is 24.3 Å². The van der Waals surface area contributed by atoms with Gasteiger partial charge in [-0.1, -0.05) is 38.2 Å². The van der Waals surface area contributed by atoms with Crippen molar-refractivity contribution in [2.24, 2.45) is 0 Å². The van der Waals surface area contributed by atoms with Gasteiger partial charge >= 0.3 is 19.8 Å². The minimum atomic E-state index is -4.34. The second-order valence-electron chi connectivity index (χ2n) is 7.57. The van der Waals surface area contributed by atoms with Crippen molar-refractivity contribution in [1.29, 1.82) is 0 Å². The molecule has 0 saturated heterocycles. The predicted octanol–water partition coefficient (Wildman–Crippen LogP) is 2.99. The summed E-state index contributed by atoms with van der Waals surface area (Å²) >= 11 is 0. The number of phosphoric ester groups is 1. The average Bonchev–Trinajstić information content (AvgIpc) is 2.63. The van der Waals surface area contributed by atoms with Crippen LogP contribution in [0, 0.1) is 0 Å². The summed E-state index contributed by atoms with van der Waals surface area (Å²) in [6.07, 6.45) is 7.65. The SMILES string of the molecule is CCC=CCC(=O)OC[C@H](COP(=O)(O)OCC[N+](C)(C)C)OC(=O)CC=CCC. The van der Waals surface area contributed by atoms with E-state index in [2.05, 4.69) is 0 Å². The molecule has 1 N–H and O–H groups in total. The molecule has 0 aromatic heterocycles. The lowest BCUT2D eigenvalue weighted by molar-refractivity contribution is -0.870. The largest absolute Gasteiger partial charge is 0.472 e. The zero-order chi connectivity index (χ0) is 23.0. The maximum absolute atomic E-state index is 12.0. The minimum Gasteiger partial charge on any atom is -0.461 e. The third-order valence-electron chi connectivity index (χ3n) is 3.54. The molecule has 0 aromatic rings. The number of likely N-dealkylation sites (N-methyl/N-ethyl adjacent to an activating group) is 1. The van der Waals surface area contributed by atoms with E-state index >= 15 is 0 Å². The van der Waals surface area contributed by atoms with Crippen molar-refractivity contribution in [2.75, 3.05) is 47.5 Å². The summed E-state index contributed by atoms with van der Waals surface area (Å²) in [4.78, 5) is 33.5. The first-order valence-electron chi connectivity index (χ1n) is 10.1. The normalized spacial score (nSPS) is 15.3. The van der Waals surface area contributed by atoms with Crippen LogP contribution in [0.1, 0.15) is 39.5 Å². The highest BCUT2D eigenvalue weighted by molar-refractivity contribution is 7.47. The van der Waals surface area contributed by atoms with Gasteiger partial charge in [-0.3, -0.25) is 18.6 Å². The molecular formula is C20H37NO8P+. The molecular weight excluding hydrogens is 413 g/mol. The number of nitrogens with zero attached hydrogens (tertiary/aromatic N) is 1.